The van der Waals surface area contributed by atoms with Crippen LogP contribution >= 0.6 is 0 Å². The highest BCUT2D eigenvalue weighted by Crippen LogP contribution is 2.17. The molecule has 116 valence electrons. The van der Waals surface area contributed by atoms with Crippen LogP contribution in [0.15, 0.2) is 0 Å². The Hall–Kier alpha value is -1.34. The zero-order chi connectivity index (χ0) is 15.1. The molecule has 0 saturated carbocycles. The first-order valence-electron chi connectivity index (χ1n) is 6.95. The lowest BCUT2D eigenvalue weighted by atomic mass is 10.2. The lowest BCUT2D eigenvalue weighted by Gasteiger charge is -2.21. The van der Waals surface area contributed by atoms with Crippen molar-refractivity contribution in [3.05, 3.63) is 0 Å². The molecular weight excluding hydrogens is 264 g/mol. The largest absolute Gasteiger partial charge is 0.480 e. The van der Waals surface area contributed by atoms with Gasteiger partial charge in [0.25, 0.3) is 0 Å². The van der Waals surface area contributed by atoms with Crippen LogP contribution in [-0.4, -0.2) is 65.6 Å². The fourth-order valence-corrected chi connectivity index (χ4v) is 2.06. The van der Waals surface area contributed by atoms with Gasteiger partial charge in [-0.05, 0) is 12.3 Å². The minimum absolute atomic E-state index is 0.0622. The molecule has 1 heterocycles. The maximum absolute atomic E-state index is 11.8. The van der Waals surface area contributed by atoms with Gasteiger partial charge >= 0.3 is 12.0 Å². The number of urea groups is 1. The van der Waals surface area contributed by atoms with Crippen LogP contribution in [0.3, 0.4) is 0 Å². The van der Waals surface area contributed by atoms with Crippen molar-refractivity contribution in [3.8, 4) is 0 Å². The minimum Gasteiger partial charge on any atom is -0.480 e. The number of nitrogens with one attached hydrogen (secondary N) is 1. The number of hydrogen-bond donors (Lipinski definition) is 3. The van der Waals surface area contributed by atoms with Crippen molar-refractivity contribution < 1.29 is 24.5 Å². The molecule has 0 aliphatic carbocycles. The number of aliphatic hydroxyl groups is 1. The first-order chi connectivity index (χ1) is 9.41. The van der Waals surface area contributed by atoms with Gasteiger partial charge in [-0.15, -0.1) is 0 Å². The molecule has 1 aliphatic heterocycles. The van der Waals surface area contributed by atoms with E-state index in [-0.39, 0.29) is 13.0 Å². The van der Waals surface area contributed by atoms with Crippen LogP contribution in [0.5, 0.6) is 0 Å². The Morgan fingerprint density at radius 1 is 1.45 bits per heavy atom. The normalized spacial score (nSPS) is 22.3. The Morgan fingerprint density at radius 2 is 2.15 bits per heavy atom. The van der Waals surface area contributed by atoms with Gasteiger partial charge in [0.15, 0.2) is 0 Å². The van der Waals surface area contributed by atoms with E-state index in [0.29, 0.717) is 32.1 Å². The Balaban J connectivity index is 2.23. The molecule has 2 amide bonds. The summed E-state index contributed by atoms with van der Waals surface area (Å²) in [5, 5.41) is 21.1. The van der Waals surface area contributed by atoms with Gasteiger partial charge in [-0.2, -0.15) is 0 Å². The van der Waals surface area contributed by atoms with Gasteiger partial charge in [-0.3, -0.25) is 0 Å². The molecule has 7 heteroatoms. The van der Waals surface area contributed by atoms with Crippen molar-refractivity contribution in [1.29, 1.82) is 0 Å². The summed E-state index contributed by atoms with van der Waals surface area (Å²) >= 11 is 0. The number of carbonyl (C=O) groups is 2. The number of hydrogen-bond acceptors (Lipinski definition) is 4. The van der Waals surface area contributed by atoms with Crippen molar-refractivity contribution in [2.24, 2.45) is 5.92 Å². The summed E-state index contributed by atoms with van der Waals surface area (Å²) in [6.07, 6.45) is -0.0106. The molecule has 1 aliphatic rings. The molecule has 1 saturated heterocycles. The smallest absolute Gasteiger partial charge is 0.326 e. The van der Waals surface area contributed by atoms with Gasteiger partial charge in [0, 0.05) is 32.7 Å². The lowest BCUT2D eigenvalue weighted by Crippen LogP contribution is -2.46. The van der Waals surface area contributed by atoms with E-state index in [1.54, 1.807) is 0 Å². The SMILES string of the molecule is CC(C)COCCCNC(=O)N1C[C@@H](O)C[C@H]1C(=O)O. The molecule has 0 spiro atoms. The molecule has 2 atom stereocenters. The van der Waals surface area contributed by atoms with Gasteiger partial charge in [-0.1, -0.05) is 13.8 Å². The number of carboxylic acids is 1. The highest BCUT2D eigenvalue weighted by atomic mass is 16.5. The molecule has 1 rings (SSSR count). The van der Waals surface area contributed by atoms with Gasteiger partial charge in [0.2, 0.25) is 0 Å². The maximum atomic E-state index is 11.8. The van der Waals surface area contributed by atoms with E-state index in [0.717, 1.165) is 0 Å². The lowest BCUT2D eigenvalue weighted by molar-refractivity contribution is -0.141. The number of amides is 2. The predicted octanol–water partition coefficient (Wildman–Crippen LogP) is 0.279. The number of aliphatic hydroxyl groups excluding tert-OH is 1. The van der Waals surface area contributed by atoms with E-state index in [1.165, 1.54) is 4.90 Å². The average molecular weight is 288 g/mol. The molecule has 0 bridgehead atoms. The Labute approximate surface area is 118 Å². The minimum atomic E-state index is -1.09. The molecule has 0 aromatic carbocycles. The van der Waals surface area contributed by atoms with E-state index in [2.05, 4.69) is 19.2 Å². The molecule has 1 fully saturated rings. The Bertz CT molecular complexity index is 335. The molecule has 0 radical (unpaired) electrons. The number of nitrogens with zero attached hydrogens (tertiary/aromatic N) is 1. The van der Waals surface area contributed by atoms with Crippen LogP contribution in [0.2, 0.25) is 0 Å². The number of aliphatic carboxylic acids is 1. The third-order valence-corrected chi connectivity index (χ3v) is 3.02. The van der Waals surface area contributed by atoms with Gasteiger partial charge < -0.3 is 25.2 Å². The molecule has 7 nitrogen and oxygen atoms in total. The number of carbonyl (C=O) groups excluding carboxylic acids is 1. The first kappa shape index (κ1) is 16.7. The second kappa shape index (κ2) is 8.06. The van der Waals surface area contributed by atoms with E-state index in [4.69, 9.17) is 9.84 Å². The quantitative estimate of drug-likeness (QED) is 0.584. The summed E-state index contributed by atoms with van der Waals surface area (Å²) in [7, 11) is 0. The standard InChI is InChI=1S/C13H24N2O5/c1-9(2)8-20-5-3-4-14-13(19)15-7-10(16)6-11(15)12(17)18/h9-11,16H,3-8H2,1-2H3,(H,14,19)(H,17,18)/t10-,11-/m0/s1. The van der Waals surface area contributed by atoms with Crippen LogP contribution in [0.1, 0.15) is 26.7 Å². The van der Waals surface area contributed by atoms with Crippen LogP contribution in [-0.2, 0) is 9.53 Å². The predicted molar refractivity (Wildman–Crippen MR) is 72.4 cm³/mol. The van der Waals surface area contributed by atoms with Crippen LogP contribution < -0.4 is 5.32 Å². The number of carboxylic acid groups (broad SMARTS) is 1. The summed E-state index contributed by atoms with van der Waals surface area (Å²) in [6.45, 7) is 5.86. The van der Waals surface area contributed by atoms with Gasteiger partial charge in [-0.25, -0.2) is 9.59 Å². The molecule has 20 heavy (non-hydrogen) atoms. The topological polar surface area (TPSA) is 99.1 Å². The highest BCUT2D eigenvalue weighted by Gasteiger charge is 2.38. The molecule has 0 unspecified atom stereocenters. The zero-order valence-corrected chi connectivity index (χ0v) is 12.0. The number of likely N-dealkylation sites (tertiary alicyclic amines) is 1. The zero-order valence-electron chi connectivity index (χ0n) is 12.0. The summed E-state index contributed by atoms with van der Waals surface area (Å²) in [5.74, 6) is -0.607. The Morgan fingerprint density at radius 3 is 2.75 bits per heavy atom. The van der Waals surface area contributed by atoms with E-state index in [1.807, 2.05) is 0 Å². The van der Waals surface area contributed by atoms with Crippen molar-refractivity contribution in [2.75, 3.05) is 26.3 Å². The third-order valence-electron chi connectivity index (χ3n) is 3.02. The molecule has 3 N–H and O–H groups in total. The number of β-amino-alcohol motifs (C(OH)–C–C–N with tert-alkyl or cyclic N) is 1. The van der Waals surface area contributed by atoms with Crippen LogP contribution in [0.25, 0.3) is 0 Å². The van der Waals surface area contributed by atoms with Gasteiger partial charge in [0.1, 0.15) is 6.04 Å². The first-order valence-corrected chi connectivity index (χ1v) is 6.95. The third kappa shape index (κ3) is 5.34. The monoisotopic (exact) mass is 288 g/mol. The van der Waals surface area contributed by atoms with Gasteiger partial charge in [0.05, 0.1) is 6.10 Å². The van der Waals surface area contributed by atoms with E-state index in [9.17, 15) is 14.7 Å². The second-order valence-electron chi connectivity index (χ2n) is 5.45. The molecule has 0 aromatic rings. The van der Waals surface area contributed by atoms with Crippen LogP contribution in [0.4, 0.5) is 4.79 Å². The highest BCUT2D eigenvalue weighted by molar-refractivity contribution is 5.83. The maximum Gasteiger partial charge on any atom is 0.326 e. The average Bonchev–Trinajstić information content (AvgIpc) is 2.75. The fourth-order valence-electron chi connectivity index (χ4n) is 2.06. The van der Waals surface area contributed by atoms with Crippen molar-refractivity contribution in [2.45, 2.75) is 38.8 Å². The summed E-state index contributed by atoms with van der Waals surface area (Å²) in [5.41, 5.74) is 0. The van der Waals surface area contributed by atoms with Crippen molar-refractivity contribution >= 4 is 12.0 Å². The molecule has 0 aromatic heterocycles. The number of rotatable bonds is 7. The van der Waals surface area contributed by atoms with E-state index < -0.39 is 24.1 Å². The second-order valence-corrected chi connectivity index (χ2v) is 5.45. The summed E-state index contributed by atoms with van der Waals surface area (Å²) in [4.78, 5) is 24.0. The van der Waals surface area contributed by atoms with Crippen molar-refractivity contribution in [3.63, 3.8) is 0 Å². The van der Waals surface area contributed by atoms with Crippen LogP contribution in [0, 0.1) is 5.92 Å². The Kier molecular flexibility index (Phi) is 6.74. The summed E-state index contributed by atoms with van der Waals surface area (Å²) < 4.78 is 5.38. The molecular formula is C13H24N2O5. The van der Waals surface area contributed by atoms with Crippen molar-refractivity contribution in [1.82, 2.24) is 10.2 Å². The van der Waals surface area contributed by atoms with E-state index >= 15 is 0 Å². The number of ether oxygens (including phenoxy) is 1. The summed E-state index contributed by atoms with van der Waals surface area (Å²) in [6, 6.07) is -1.39. The fraction of sp³-hybridized carbons (Fsp3) is 0.846.